The Hall–Kier alpha value is -2.95. The predicted octanol–water partition coefficient (Wildman–Crippen LogP) is 2.91. The number of benzene rings is 1. The number of nitrogens with zero attached hydrogens (tertiary/aromatic N) is 4. The molecule has 3 heterocycles. The van der Waals surface area contributed by atoms with Crippen molar-refractivity contribution in [3.63, 3.8) is 0 Å². The lowest BCUT2D eigenvalue weighted by Crippen LogP contribution is -2.49. The van der Waals surface area contributed by atoms with Crippen molar-refractivity contribution >= 4 is 27.4 Å². The van der Waals surface area contributed by atoms with Gasteiger partial charge >= 0.3 is 6.09 Å². The Balaban J connectivity index is 1.44. The van der Waals surface area contributed by atoms with Gasteiger partial charge in [0.2, 0.25) is 5.88 Å². The van der Waals surface area contributed by atoms with Crippen LogP contribution in [-0.2, 0) is 21.0 Å². The van der Waals surface area contributed by atoms with E-state index in [4.69, 9.17) is 9.47 Å². The number of fused-ring (bicyclic) bond motifs is 1. The van der Waals surface area contributed by atoms with Gasteiger partial charge in [0.1, 0.15) is 18.2 Å². The number of ether oxygens (including phenoxy) is 2. The summed E-state index contributed by atoms with van der Waals surface area (Å²) in [7, 11) is -3.28. The molecule has 1 aromatic heterocycles. The quantitative estimate of drug-likeness (QED) is 0.647. The summed E-state index contributed by atoms with van der Waals surface area (Å²) in [5.74, 6) is 0.825. The van der Waals surface area contributed by atoms with Gasteiger partial charge in [0.15, 0.2) is 16.0 Å². The van der Waals surface area contributed by atoms with E-state index in [1.807, 2.05) is 4.90 Å². The van der Waals surface area contributed by atoms with Crippen molar-refractivity contribution in [3.05, 3.63) is 36.2 Å². The Morgan fingerprint density at radius 2 is 2.00 bits per heavy atom. The molecule has 1 aromatic carbocycles. The second kappa shape index (κ2) is 9.12. The third-order valence-electron chi connectivity index (χ3n) is 5.63. The van der Waals surface area contributed by atoms with Gasteiger partial charge in [-0.05, 0) is 44.0 Å². The molecule has 0 bridgehead atoms. The van der Waals surface area contributed by atoms with Crippen molar-refractivity contribution in [1.82, 2.24) is 14.9 Å². The Morgan fingerprint density at radius 1 is 1.21 bits per heavy atom. The molecule has 0 radical (unpaired) electrons. The number of halogens is 1. The van der Waals surface area contributed by atoms with Crippen LogP contribution < -0.4 is 9.64 Å². The standard InChI is InChI=1S/C22H27FN4O5S/c1-14(2)31-22(28)26-8-7-19(17(23)12-26)32-21-11-20(24-13-25-21)27-9-6-15-10-16(33(3,29)30)4-5-18(15)27/h4-5,10-11,13-14,17,19H,6-9,12H2,1-3H3/t17-,19+/m1/s1. The molecule has 1 amide bonds. The van der Waals surface area contributed by atoms with E-state index < -0.39 is 28.2 Å². The molecule has 178 valence electrons. The number of likely N-dealkylation sites (tertiary alicyclic amines) is 1. The monoisotopic (exact) mass is 478 g/mol. The highest BCUT2D eigenvalue weighted by molar-refractivity contribution is 7.90. The van der Waals surface area contributed by atoms with Crippen LogP contribution in [0.5, 0.6) is 5.88 Å². The first kappa shape index (κ1) is 23.2. The summed E-state index contributed by atoms with van der Waals surface area (Å²) in [5.41, 5.74) is 1.79. The predicted molar refractivity (Wildman–Crippen MR) is 119 cm³/mol. The van der Waals surface area contributed by atoms with Crippen LogP contribution >= 0.6 is 0 Å². The maximum Gasteiger partial charge on any atom is 0.410 e. The van der Waals surface area contributed by atoms with E-state index in [0.29, 0.717) is 31.7 Å². The minimum Gasteiger partial charge on any atom is -0.471 e. The van der Waals surface area contributed by atoms with Gasteiger partial charge in [0.25, 0.3) is 0 Å². The third kappa shape index (κ3) is 5.18. The molecule has 33 heavy (non-hydrogen) atoms. The highest BCUT2D eigenvalue weighted by atomic mass is 32.2. The Kier molecular flexibility index (Phi) is 6.42. The fraction of sp³-hybridized carbons (Fsp3) is 0.500. The Morgan fingerprint density at radius 3 is 2.70 bits per heavy atom. The van der Waals surface area contributed by atoms with Gasteiger partial charge < -0.3 is 19.3 Å². The Labute approximate surface area is 192 Å². The summed E-state index contributed by atoms with van der Waals surface area (Å²) in [6, 6.07) is 6.68. The van der Waals surface area contributed by atoms with Crippen molar-refractivity contribution in [2.24, 2.45) is 0 Å². The summed E-state index contributed by atoms with van der Waals surface area (Å²) >= 11 is 0. The van der Waals surface area contributed by atoms with Crippen LogP contribution in [0.1, 0.15) is 25.8 Å². The molecule has 2 atom stereocenters. The van der Waals surface area contributed by atoms with E-state index >= 15 is 0 Å². The largest absolute Gasteiger partial charge is 0.471 e. The van der Waals surface area contributed by atoms with Crippen molar-refractivity contribution in [2.45, 2.75) is 50.0 Å². The first-order valence-electron chi connectivity index (χ1n) is 10.8. The molecule has 9 nitrogen and oxygen atoms in total. The van der Waals surface area contributed by atoms with Crippen LogP contribution in [-0.4, -0.2) is 73.6 Å². The zero-order chi connectivity index (χ0) is 23.8. The molecule has 2 aliphatic rings. The van der Waals surface area contributed by atoms with Crippen LogP contribution in [0.3, 0.4) is 0 Å². The normalized spacial score (nSPS) is 20.6. The molecule has 0 saturated carbocycles. The van der Waals surface area contributed by atoms with E-state index in [0.717, 1.165) is 11.3 Å². The maximum absolute atomic E-state index is 14.7. The number of anilines is 2. The topological polar surface area (TPSA) is 102 Å². The van der Waals surface area contributed by atoms with E-state index in [1.165, 1.54) is 17.5 Å². The zero-order valence-corrected chi connectivity index (χ0v) is 19.6. The van der Waals surface area contributed by atoms with E-state index in [1.54, 1.807) is 38.1 Å². The minimum absolute atomic E-state index is 0.101. The zero-order valence-electron chi connectivity index (χ0n) is 18.8. The summed E-state index contributed by atoms with van der Waals surface area (Å²) in [5, 5.41) is 0. The van der Waals surface area contributed by atoms with Gasteiger partial charge in [0.05, 0.1) is 17.5 Å². The smallest absolute Gasteiger partial charge is 0.410 e. The summed E-state index contributed by atoms with van der Waals surface area (Å²) in [6.45, 7) is 4.35. The van der Waals surface area contributed by atoms with Gasteiger partial charge in [0, 0.05) is 37.5 Å². The average Bonchev–Trinajstić information content (AvgIpc) is 3.17. The molecule has 1 fully saturated rings. The average molecular weight is 479 g/mol. The summed E-state index contributed by atoms with van der Waals surface area (Å²) in [6.07, 6.45) is 0.629. The molecular formula is C22H27FN4O5S. The molecule has 2 aromatic rings. The highest BCUT2D eigenvalue weighted by Gasteiger charge is 2.34. The lowest BCUT2D eigenvalue weighted by Gasteiger charge is -2.34. The SMILES string of the molecule is CC(C)OC(=O)N1CC[C@H](Oc2cc(N3CCc4cc(S(C)(=O)=O)ccc43)ncn2)[C@H](F)C1. The van der Waals surface area contributed by atoms with Gasteiger partial charge in [-0.15, -0.1) is 0 Å². The number of carbonyl (C=O) groups is 1. The number of rotatable bonds is 5. The molecule has 11 heteroatoms. The molecule has 4 rings (SSSR count). The lowest BCUT2D eigenvalue weighted by molar-refractivity contribution is 0.00807. The minimum atomic E-state index is -3.28. The number of hydrogen-bond donors (Lipinski definition) is 0. The number of carbonyl (C=O) groups excluding carboxylic acids is 1. The van der Waals surface area contributed by atoms with Crippen molar-refractivity contribution in [2.75, 3.05) is 30.8 Å². The first-order valence-corrected chi connectivity index (χ1v) is 12.7. The first-order chi connectivity index (χ1) is 15.6. The maximum atomic E-state index is 14.7. The number of sulfone groups is 1. The van der Waals surface area contributed by atoms with Crippen LogP contribution in [0.25, 0.3) is 0 Å². The Bertz CT molecular complexity index is 1140. The van der Waals surface area contributed by atoms with Gasteiger partial charge in [-0.25, -0.2) is 27.6 Å². The highest BCUT2D eigenvalue weighted by Crippen LogP contribution is 2.35. The second-order valence-electron chi connectivity index (χ2n) is 8.52. The van der Waals surface area contributed by atoms with Crippen LogP contribution in [0, 0.1) is 0 Å². The van der Waals surface area contributed by atoms with Gasteiger partial charge in [-0.2, -0.15) is 0 Å². The number of piperidine rings is 1. The second-order valence-corrected chi connectivity index (χ2v) is 10.5. The van der Waals surface area contributed by atoms with Crippen LogP contribution in [0.4, 0.5) is 20.7 Å². The fourth-order valence-electron chi connectivity index (χ4n) is 4.00. The molecule has 0 spiro atoms. The van der Waals surface area contributed by atoms with Crippen LogP contribution in [0.2, 0.25) is 0 Å². The fourth-order valence-corrected chi connectivity index (χ4v) is 4.67. The van der Waals surface area contributed by atoms with Gasteiger partial charge in [-0.3, -0.25) is 0 Å². The van der Waals surface area contributed by atoms with Crippen molar-refractivity contribution in [3.8, 4) is 5.88 Å². The molecular weight excluding hydrogens is 451 g/mol. The third-order valence-corrected chi connectivity index (χ3v) is 6.74. The summed E-state index contributed by atoms with van der Waals surface area (Å²) in [4.78, 5) is 24.1. The number of amides is 1. The van der Waals surface area contributed by atoms with Crippen molar-refractivity contribution < 1.29 is 27.1 Å². The van der Waals surface area contributed by atoms with Gasteiger partial charge in [-0.1, -0.05) is 0 Å². The molecule has 0 N–H and O–H groups in total. The lowest BCUT2D eigenvalue weighted by atomic mass is 10.1. The molecule has 1 saturated heterocycles. The molecule has 0 unspecified atom stereocenters. The van der Waals surface area contributed by atoms with E-state index in [-0.39, 0.29) is 23.4 Å². The number of aromatic nitrogens is 2. The van der Waals surface area contributed by atoms with E-state index in [9.17, 15) is 17.6 Å². The van der Waals surface area contributed by atoms with E-state index in [2.05, 4.69) is 9.97 Å². The molecule has 0 aliphatic carbocycles. The number of hydrogen-bond acceptors (Lipinski definition) is 8. The number of alkyl halides is 1. The van der Waals surface area contributed by atoms with Crippen molar-refractivity contribution in [1.29, 1.82) is 0 Å². The molecule has 2 aliphatic heterocycles. The van der Waals surface area contributed by atoms with Crippen LogP contribution in [0.15, 0.2) is 35.5 Å². The summed E-state index contributed by atoms with van der Waals surface area (Å²) < 4.78 is 49.4.